The molecule has 0 bridgehead atoms. The number of amides is 3. The Balaban J connectivity index is 2.21. The first-order valence-electron chi connectivity index (χ1n) is 10.0. The molecule has 0 aliphatic carbocycles. The van der Waals surface area contributed by atoms with Crippen molar-refractivity contribution in [1.29, 1.82) is 0 Å². The largest absolute Gasteiger partial charge is 0.395 e. The lowest BCUT2D eigenvalue weighted by atomic mass is 10.1. The van der Waals surface area contributed by atoms with Gasteiger partial charge in [0.15, 0.2) is 11.6 Å². The number of benzene rings is 2. The van der Waals surface area contributed by atoms with Crippen LogP contribution in [0, 0.1) is 17.5 Å². The van der Waals surface area contributed by atoms with Gasteiger partial charge in [-0.15, -0.1) is 0 Å². The van der Waals surface area contributed by atoms with Crippen molar-refractivity contribution < 1.29 is 27.9 Å². The molecule has 0 radical (unpaired) electrons. The van der Waals surface area contributed by atoms with E-state index in [1.54, 1.807) is 6.07 Å². The summed E-state index contributed by atoms with van der Waals surface area (Å²) in [6, 6.07) is 6.33. The zero-order valence-corrected chi connectivity index (χ0v) is 19.1. The second-order valence-electron chi connectivity index (χ2n) is 8.34. The number of anilines is 2. The van der Waals surface area contributed by atoms with Crippen LogP contribution in [0.3, 0.4) is 0 Å². The molecule has 0 unspecified atom stereocenters. The first kappa shape index (κ1) is 25.2. The Kier molecular flexibility index (Phi) is 8.67. The van der Waals surface area contributed by atoms with Crippen LogP contribution in [0.1, 0.15) is 15.9 Å². The molecular weight excluding hydrogens is 441 g/mol. The molecule has 174 valence electrons. The van der Waals surface area contributed by atoms with E-state index in [9.17, 15) is 22.8 Å². The molecule has 0 heterocycles. The van der Waals surface area contributed by atoms with E-state index >= 15 is 0 Å². The Bertz CT molecular complexity index is 983. The zero-order chi connectivity index (χ0) is 23.9. The van der Waals surface area contributed by atoms with E-state index in [1.807, 2.05) is 10.9 Å². The topological polar surface area (TPSA) is 102 Å². The average molecular weight is 469 g/mol. The SMILES string of the molecule is C[Si](C)(C)CCc1ccc(Nc2c(C(=O)NNC(=O)NCCO)ccc(F)c2F)c(F)c1. The van der Waals surface area contributed by atoms with Crippen LogP contribution in [-0.2, 0) is 6.42 Å². The fraction of sp³-hybridized carbons (Fsp3) is 0.333. The maximum absolute atomic E-state index is 14.6. The third-order valence-electron chi connectivity index (χ3n) is 4.48. The molecule has 2 aromatic rings. The molecule has 0 saturated carbocycles. The lowest BCUT2D eigenvalue weighted by Gasteiger charge is -2.17. The number of aliphatic hydroxyl groups is 1. The molecule has 0 aromatic heterocycles. The van der Waals surface area contributed by atoms with Gasteiger partial charge in [0, 0.05) is 14.6 Å². The predicted octanol–water partition coefficient (Wildman–Crippen LogP) is 3.66. The maximum atomic E-state index is 14.6. The van der Waals surface area contributed by atoms with E-state index in [1.165, 1.54) is 12.1 Å². The molecule has 0 aliphatic rings. The van der Waals surface area contributed by atoms with Crippen LogP contribution in [0.2, 0.25) is 25.7 Å². The van der Waals surface area contributed by atoms with Crippen molar-refractivity contribution in [3.63, 3.8) is 0 Å². The number of aryl methyl sites for hydroxylation is 1. The number of carbonyl (C=O) groups is 2. The highest BCUT2D eigenvalue weighted by Crippen LogP contribution is 2.28. The van der Waals surface area contributed by atoms with Crippen molar-refractivity contribution in [2.75, 3.05) is 18.5 Å². The van der Waals surface area contributed by atoms with Gasteiger partial charge in [-0.05, 0) is 36.2 Å². The molecule has 7 nitrogen and oxygen atoms in total. The number of hydrazine groups is 1. The minimum Gasteiger partial charge on any atom is -0.395 e. The van der Waals surface area contributed by atoms with Crippen molar-refractivity contribution in [3.8, 4) is 0 Å². The third kappa shape index (κ3) is 7.27. The quantitative estimate of drug-likeness (QED) is 0.301. The lowest BCUT2D eigenvalue weighted by molar-refractivity contribution is 0.0936. The number of urea groups is 1. The summed E-state index contributed by atoms with van der Waals surface area (Å²) < 4.78 is 42.9. The van der Waals surface area contributed by atoms with Crippen molar-refractivity contribution >= 4 is 31.4 Å². The molecule has 2 aromatic carbocycles. The van der Waals surface area contributed by atoms with Crippen molar-refractivity contribution in [1.82, 2.24) is 16.2 Å². The highest BCUT2D eigenvalue weighted by Gasteiger charge is 2.21. The summed E-state index contributed by atoms with van der Waals surface area (Å²) in [7, 11) is -1.31. The van der Waals surface area contributed by atoms with Gasteiger partial charge in [-0.2, -0.15) is 0 Å². The van der Waals surface area contributed by atoms with Crippen LogP contribution in [-0.4, -0.2) is 38.3 Å². The van der Waals surface area contributed by atoms with Crippen LogP contribution in [0.4, 0.5) is 29.3 Å². The van der Waals surface area contributed by atoms with E-state index in [4.69, 9.17) is 5.11 Å². The van der Waals surface area contributed by atoms with E-state index in [0.717, 1.165) is 23.7 Å². The zero-order valence-electron chi connectivity index (χ0n) is 18.1. The summed E-state index contributed by atoms with van der Waals surface area (Å²) in [6.07, 6.45) is 0.707. The highest BCUT2D eigenvalue weighted by molar-refractivity contribution is 6.76. The van der Waals surface area contributed by atoms with Crippen LogP contribution in [0.5, 0.6) is 0 Å². The molecule has 0 fully saturated rings. The van der Waals surface area contributed by atoms with Crippen LogP contribution < -0.4 is 21.5 Å². The average Bonchev–Trinajstić information content (AvgIpc) is 2.73. The summed E-state index contributed by atoms with van der Waals surface area (Å²) in [5, 5.41) is 13.3. The molecule has 0 aliphatic heterocycles. The minimum absolute atomic E-state index is 0.0487. The number of halogens is 3. The van der Waals surface area contributed by atoms with Gasteiger partial charge in [0.25, 0.3) is 5.91 Å². The Hall–Kier alpha value is -3.05. The standard InChI is InChI=1S/C21H27F3N4O3Si/c1-32(2,3)11-8-13-4-7-17(16(23)12-13)26-19-14(5-6-15(22)18(19)24)20(30)27-28-21(31)25-9-10-29/h4-7,12,26,29H,8-11H2,1-3H3,(H,27,30)(H2,25,28,31). The summed E-state index contributed by atoms with van der Waals surface area (Å²) in [5.74, 6) is -4.23. The van der Waals surface area contributed by atoms with Crippen molar-refractivity contribution in [3.05, 3.63) is 58.9 Å². The summed E-state index contributed by atoms with van der Waals surface area (Å²) in [4.78, 5) is 23.9. The molecule has 3 amide bonds. The number of hydrogen-bond donors (Lipinski definition) is 5. The number of carbonyl (C=O) groups excluding carboxylic acids is 2. The van der Waals surface area contributed by atoms with E-state index in [-0.39, 0.29) is 24.4 Å². The van der Waals surface area contributed by atoms with Gasteiger partial charge >= 0.3 is 6.03 Å². The number of hydrogen-bond acceptors (Lipinski definition) is 4. The maximum Gasteiger partial charge on any atom is 0.333 e. The smallest absolute Gasteiger partial charge is 0.333 e. The van der Waals surface area contributed by atoms with Gasteiger partial charge in [-0.1, -0.05) is 31.8 Å². The summed E-state index contributed by atoms with van der Waals surface area (Å²) >= 11 is 0. The molecule has 32 heavy (non-hydrogen) atoms. The monoisotopic (exact) mass is 468 g/mol. The number of rotatable bonds is 8. The predicted molar refractivity (Wildman–Crippen MR) is 119 cm³/mol. The van der Waals surface area contributed by atoms with Gasteiger partial charge in [-0.3, -0.25) is 10.2 Å². The Morgan fingerprint density at radius 2 is 1.72 bits per heavy atom. The Morgan fingerprint density at radius 1 is 1.00 bits per heavy atom. The second-order valence-corrected chi connectivity index (χ2v) is 14.0. The van der Waals surface area contributed by atoms with E-state index < -0.39 is 43.2 Å². The fourth-order valence-corrected chi connectivity index (χ4v) is 3.76. The minimum atomic E-state index is -1.37. The second kappa shape index (κ2) is 11.0. The summed E-state index contributed by atoms with van der Waals surface area (Å²) in [6.45, 7) is 6.28. The van der Waals surface area contributed by atoms with Gasteiger partial charge < -0.3 is 15.7 Å². The van der Waals surface area contributed by atoms with Crippen LogP contribution in [0.25, 0.3) is 0 Å². The first-order chi connectivity index (χ1) is 15.0. The van der Waals surface area contributed by atoms with E-state index in [0.29, 0.717) is 6.42 Å². The Labute approximate surface area is 185 Å². The molecule has 5 N–H and O–H groups in total. The van der Waals surface area contributed by atoms with Gasteiger partial charge in [0.2, 0.25) is 0 Å². The first-order valence-corrected chi connectivity index (χ1v) is 13.7. The molecule has 0 saturated heterocycles. The molecular formula is C21H27F3N4O3Si. The molecule has 11 heteroatoms. The Morgan fingerprint density at radius 3 is 2.34 bits per heavy atom. The van der Waals surface area contributed by atoms with Crippen molar-refractivity contribution in [2.45, 2.75) is 32.1 Å². The number of aliphatic hydroxyl groups excluding tert-OH is 1. The molecule has 2 rings (SSSR count). The molecule has 0 atom stereocenters. The van der Waals surface area contributed by atoms with Gasteiger partial charge in [0.05, 0.1) is 23.5 Å². The van der Waals surface area contributed by atoms with Crippen LogP contribution in [0.15, 0.2) is 30.3 Å². The number of nitrogens with one attached hydrogen (secondary N) is 4. The summed E-state index contributed by atoms with van der Waals surface area (Å²) in [5.41, 5.74) is 3.77. The fourth-order valence-electron chi connectivity index (χ4n) is 2.73. The van der Waals surface area contributed by atoms with Crippen LogP contribution >= 0.6 is 0 Å². The third-order valence-corrected chi connectivity index (χ3v) is 6.23. The van der Waals surface area contributed by atoms with E-state index in [2.05, 4.69) is 30.3 Å². The van der Waals surface area contributed by atoms with Gasteiger partial charge in [0.1, 0.15) is 5.82 Å². The highest BCUT2D eigenvalue weighted by atomic mass is 28.3. The normalized spacial score (nSPS) is 11.1. The van der Waals surface area contributed by atoms with Crippen molar-refractivity contribution in [2.24, 2.45) is 0 Å². The van der Waals surface area contributed by atoms with Gasteiger partial charge in [-0.25, -0.2) is 23.4 Å². The lowest BCUT2D eigenvalue weighted by Crippen LogP contribution is -2.47. The molecule has 0 spiro atoms.